The molecule has 1 radical (unpaired) electrons. The molecule has 0 saturated heterocycles. The van der Waals surface area contributed by atoms with Gasteiger partial charge in [-0.1, -0.05) is 11.3 Å². The Hall–Kier alpha value is -1.47. The van der Waals surface area contributed by atoms with E-state index in [0.29, 0.717) is 10.6 Å². The molecule has 1 amide bonds. The number of aryl methyl sites for hydroxylation is 1. The van der Waals surface area contributed by atoms with Crippen molar-refractivity contribution in [1.29, 1.82) is 0 Å². The van der Waals surface area contributed by atoms with E-state index in [1.165, 1.54) is 22.7 Å². The number of nitrogens with two attached hydrogens (primary N) is 1. The molecule has 17 heavy (non-hydrogen) atoms. The highest BCUT2D eigenvalue weighted by Crippen LogP contribution is 2.35. The van der Waals surface area contributed by atoms with E-state index in [1.54, 1.807) is 0 Å². The lowest BCUT2D eigenvalue weighted by Crippen LogP contribution is -2.10. The summed E-state index contributed by atoms with van der Waals surface area (Å²) in [7, 11) is 3.75. The minimum atomic E-state index is -0.460. The third-order valence-corrected chi connectivity index (χ3v) is 4.24. The molecule has 2 heterocycles. The summed E-state index contributed by atoms with van der Waals surface area (Å²) in [4.78, 5) is 23.0. The molecule has 0 aliphatic heterocycles. The molecule has 0 aromatic carbocycles. The SMILES string of the molecule is Cc1n[c]sc1-c1nc(N(C)C)sc1C(N)=O. The molecule has 0 saturated carbocycles. The summed E-state index contributed by atoms with van der Waals surface area (Å²) in [6.45, 7) is 1.86. The predicted octanol–water partition coefficient (Wildman–Crippen LogP) is 1.54. The average molecular weight is 267 g/mol. The Labute approximate surface area is 107 Å². The van der Waals surface area contributed by atoms with Crippen LogP contribution in [0.5, 0.6) is 0 Å². The molecule has 2 aromatic heterocycles. The van der Waals surface area contributed by atoms with Gasteiger partial charge in [0.2, 0.25) is 0 Å². The minimum absolute atomic E-state index is 0.460. The van der Waals surface area contributed by atoms with Gasteiger partial charge < -0.3 is 10.6 Å². The van der Waals surface area contributed by atoms with Gasteiger partial charge >= 0.3 is 0 Å². The normalized spacial score (nSPS) is 10.5. The fraction of sp³-hybridized carbons (Fsp3) is 0.300. The molecule has 0 aliphatic carbocycles. The molecule has 2 N–H and O–H groups in total. The van der Waals surface area contributed by atoms with Crippen LogP contribution in [0.15, 0.2) is 0 Å². The van der Waals surface area contributed by atoms with Crippen molar-refractivity contribution in [3.8, 4) is 10.6 Å². The van der Waals surface area contributed by atoms with Crippen LogP contribution in [0.25, 0.3) is 10.6 Å². The van der Waals surface area contributed by atoms with Gasteiger partial charge in [0.25, 0.3) is 5.91 Å². The highest BCUT2D eigenvalue weighted by molar-refractivity contribution is 7.19. The first-order chi connectivity index (χ1) is 8.00. The number of hydrogen-bond donors (Lipinski definition) is 1. The van der Waals surface area contributed by atoms with Crippen molar-refractivity contribution >= 4 is 33.7 Å². The van der Waals surface area contributed by atoms with Crippen LogP contribution in [-0.4, -0.2) is 30.0 Å². The van der Waals surface area contributed by atoms with Gasteiger partial charge in [-0.05, 0) is 6.92 Å². The molecule has 5 nitrogen and oxygen atoms in total. The Morgan fingerprint density at radius 2 is 2.18 bits per heavy atom. The molecule has 0 fully saturated rings. The number of nitrogens with zero attached hydrogens (tertiary/aromatic N) is 3. The highest BCUT2D eigenvalue weighted by atomic mass is 32.1. The van der Waals surface area contributed by atoms with Crippen molar-refractivity contribution in [3.63, 3.8) is 0 Å². The summed E-state index contributed by atoms with van der Waals surface area (Å²) in [5, 5.41) is 0.751. The van der Waals surface area contributed by atoms with Crippen LogP contribution in [0.2, 0.25) is 0 Å². The van der Waals surface area contributed by atoms with Gasteiger partial charge in [-0.2, -0.15) is 0 Å². The first kappa shape index (κ1) is 12.0. The lowest BCUT2D eigenvalue weighted by atomic mass is 10.2. The van der Waals surface area contributed by atoms with Crippen LogP contribution >= 0.6 is 22.7 Å². The van der Waals surface area contributed by atoms with E-state index in [0.717, 1.165) is 15.7 Å². The molecule has 0 aliphatic rings. The van der Waals surface area contributed by atoms with Crippen LogP contribution in [-0.2, 0) is 0 Å². The fourth-order valence-electron chi connectivity index (χ4n) is 1.30. The standard InChI is InChI=1S/C10H11N4OS2/c1-5-7(16-4-12-5)6-8(9(11)15)17-10(13-6)14(2)3/h1-3H3,(H2,11,15). The summed E-state index contributed by atoms with van der Waals surface area (Å²) < 4.78 is 0. The third kappa shape index (κ3) is 2.16. The minimum Gasteiger partial charge on any atom is -0.365 e. The van der Waals surface area contributed by atoms with Gasteiger partial charge in [-0.3, -0.25) is 4.79 Å². The summed E-state index contributed by atoms with van der Waals surface area (Å²) in [5.41, 5.74) is 9.59. The van der Waals surface area contributed by atoms with E-state index in [9.17, 15) is 4.79 Å². The topological polar surface area (TPSA) is 72.1 Å². The Balaban J connectivity index is 2.60. The van der Waals surface area contributed by atoms with Crippen molar-refractivity contribution in [2.24, 2.45) is 5.73 Å². The number of anilines is 1. The Morgan fingerprint density at radius 3 is 2.65 bits per heavy atom. The lowest BCUT2D eigenvalue weighted by molar-refractivity contribution is 0.100. The maximum atomic E-state index is 11.4. The van der Waals surface area contributed by atoms with Crippen molar-refractivity contribution in [2.45, 2.75) is 6.92 Å². The molecule has 0 bridgehead atoms. The molecule has 2 aromatic rings. The number of hydrogen-bond acceptors (Lipinski definition) is 6. The molecular formula is C10H11N4OS2. The second-order valence-electron chi connectivity index (χ2n) is 3.65. The molecule has 2 rings (SSSR count). The highest BCUT2D eigenvalue weighted by Gasteiger charge is 2.20. The second kappa shape index (κ2) is 4.42. The number of aromatic nitrogens is 2. The van der Waals surface area contributed by atoms with Crippen molar-refractivity contribution in [3.05, 3.63) is 16.1 Å². The monoisotopic (exact) mass is 267 g/mol. The largest absolute Gasteiger partial charge is 0.365 e. The van der Waals surface area contributed by atoms with Crippen LogP contribution in [0.3, 0.4) is 0 Å². The van der Waals surface area contributed by atoms with Crippen molar-refractivity contribution in [1.82, 2.24) is 9.97 Å². The van der Waals surface area contributed by atoms with E-state index in [4.69, 9.17) is 5.73 Å². The third-order valence-electron chi connectivity index (χ3n) is 2.13. The van der Waals surface area contributed by atoms with E-state index in [-0.39, 0.29) is 0 Å². The van der Waals surface area contributed by atoms with Gasteiger partial charge in [-0.15, -0.1) is 11.3 Å². The zero-order chi connectivity index (χ0) is 12.6. The van der Waals surface area contributed by atoms with Crippen molar-refractivity contribution < 1.29 is 4.79 Å². The molecule has 0 spiro atoms. The van der Waals surface area contributed by atoms with Crippen LogP contribution in [0.4, 0.5) is 5.13 Å². The average Bonchev–Trinajstić information content (AvgIpc) is 2.82. The maximum absolute atomic E-state index is 11.4. The van der Waals surface area contributed by atoms with Crippen molar-refractivity contribution in [2.75, 3.05) is 19.0 Å². The summed E-state index contributed by atoms with van der Waals surface area (Å²) >= 11 is 2.63. The van der Waals surface area contributed by atoms with E-state index >= 15 is 0 Å². The molecular weight excluding hydrogens is 256 g/mol. The quantitative estimate of drug-likeness (QED) is 0.915. The molecule has 0 atom stereocenters. The van der Waals surface area contributed by atoms with Gasteiger partial charge in [0.1, 0.15) is 10.6 Å². The zero-order valence-corrected chi connectivity index (χ0v) is 11.3. The predicted molar refractivity (Wildman–Crippen MR) is 69.6 cm³/mol. The van der Waals surface area contributed by atoms with Gasteiger partial charge in [0.15, 0.2) is 10.6 Å². The van der Waals surface area contributed by atoms with E-state index in [1.807, 2.05) is 25.9 Å². The summed E-state index contributed by atoms with van der Waals surface area (Å²) in [5.74, 6) is -0.460. The molecule has 0 unspecified atom stereocenters. The number of rotatable bonds is 3. The molecule has 89 valence electrons. The van der Waals surface area contributed by atoms with Crippen LogP contribution in [0, 0.1) is 12.4 Å². The first-order valence-corrected chi connectivity index (χ1v) is 6.45. The second-order valence-corrected chi connectivity index (χ2v) is 5.43. The van der Waals surface area contributed by atoms with E-state index in [2.05, 4.69) is 15.5 Å². The van der Waals surface area contributed by atoms with Gasteiger partial charge in [0, 0.05) is 14.1 Å². The fourth-order valence-corrected chi connectivity index (χ4v) is 2.93. The number of amides is 1. The van der Waals surface area contributed by atoms with Crippen LogP contribution < -0.4 is 10.6 Å². The maximum Gasteiger partial charge on any atom is 0.261 e. The number of carbonyl (C=O) groups is 1. The number of primary amides is 1. The van der Waals surface area contributed by atoms with Gasteiger partial charge in [-0.25, -0.2) is 9.97 Å². The first-order valence-electron chi connectivity index (χ1n) is 4.82. The molecule has 7 heteroatoms. The summed E-state index contributed by atoms with van der Waals surface area (Å²) in [6.07, 6.45) is 0. The number of thiazole rings is 2. The lowest BCUT2D eigenvalue weighted by Gasteiger charge is -2.05. The van der Waals surface area contributed by atoms with Crippen LogP contribution in [0.1, 0.15) is 15.4 Å². The van der Waals surface area contributed by atoms with E-state index < -0.39 is 5.91 Å². The zero-order valence-electron chi connectivity index (χ0n) is 9.64. The number of carbonyl (C=O) groups excluding carboxylic acids is 1. The summed E-state index contributed by atoms with van der Waals surface area (Å²) in [6, 6.07) is 0. The smallest absolute Gasteiger partial charge is 0.261 e. The Bertz CT molecular complexity index is 558. The Kier molecular flexibility index (Phi) is 3.12. The Morgan fingerprint density at radius 1 is 1.47 bits per heavy atom. The van der Waals surface area contributed by atoms with Gasteiger partial charge in [0.05, 0.1) is 10.6 Å².